The minimum Gasteiger partial charge on any atom is -0.362 e. The standard InChI is InChI=1S/C13H12F4N2S/c1-2-5-18-12-19-7-11(20-12)8-3-4-10(14)9(6-8)13(15,16)17/h3-4,6-7H,2,5H2,1H3,(H,18,19). The highest BCUT2D eigenvalue weighted by atomic mass is 32.1. The second-order valence-corrected chi connectivity index (χ2v) is 5.18. The van der Waals surface area contributed by atoms with E-state index >= 15 is 0 Å². The minimum absolute atomic E-state index is 0.306. The molecule has 1 N–H and O–H groups in total. The Morgan fingerprint density at radius 1 is 1.30 bits per heavy atom. The van der Waals surface area contributed by atoms with Gasteiger partial charge in [0.05, 0.1) is 10.4 Å². The van der Waals surface area contributed by atoms with Crippen molar-refractivity contribution < 1.29 is 17.6 Å². The van der Waals surface area contributed by atoms with Crippen LogP contribution in [0.1, 0.15) is 18.9 Å². The molecule has 0 amide bonds. The van der Waals surface area contributed by atoms with E-state index in [4.69, 9.17) is 0 Å². The second kappa shape index (κ2) is 5.78. The van der Waals surface area contributed by atoms with Gasteiger partial charge in [-0.05, 0) is 24.1 Å². The van der Waals surface area contributed by atoms with E-state index in [0.717, 1.165) is 25.1 Å². The van der Waals surface area contributed by atoms with Crippen molar-refractivity contribution in [2.45, 2.75) is 19.5 Å². The average Bonchev–Trinajstić information content (AvgIpc) is 2.84. The molecular weight excluding hydrogens is 292 g/mol. The van der Waals surface area contributed by atoms with E-state index in [-0.39, 0.29) is 0 Å². The van der Waals surface area contributed by atoms with Gasteiger partial charge in [-0.3, -0.25) is 0 Å². The highest BCUT2D eigenvalue weighted by Crippen LogP contribution is 2.36. The normalized spacial score (nSPS) is 11.7. The van der Waals surface area contributed by atoms with Gasteiger partial charge in [-0.25, -0.2) is 9.37 Å². The molecule has 0 spiro atoms. The van der Waals surface area contributed by atoms with E-state index in [1.165, 1.54) is 23.6 Å². The highest BCUT2D eigenvalue weighted by molar-refractivity contribution is 7.18. The largest absolute Gasteiger partial charge is 0.419 e. The van der Waals surface area contributed by atoms with Gasteiger partial charge in [0.25, 0.3) is 0 Å². The summed E-state index contributed by atoms with van der Waals surface area (Å²) in [5, 5.41) is 3.69. The van der Waals surface area contributed by atoms with Crippen molar-refractivity contribution in [1.29, 1.82) is 0 Å². The molecule has 7 heteroatoms. The highest BCUT2D eigenvalue weighted by Gasteiger charge is 2.34. The smallest absolute Gasteiger partial charge is 0.362 e. The first-order valence-electron chi connectivity index (χ1n) is 5.98. The zero-order valence-electron chi connectivity index (χ0n) is 10.6. The van der Waals surface area contributed by atoms with E-state index in [1.807, 2.05) is 6.92 Å². The van der Waals surface area contributed by atoms with Crippen LogP contribution in [-0.2, 0) is 6.18 Å². The molecule has 0 saturated carbocycles. The Morgan fingerprint density at radius 3 is 2.70 bits per heavy atom. The number of halogens is 4. The van der Waals surface area contributed by atoms with Gasteiger partial charge in [0.15, 0.2) is 5.13 Å². The summed E-state index contributed by atoms with van der Waals surface area (Å²) < 4.78 is 51.2. The first-order valence-corrected chi connectivity index (χ1v) is 6.80. The molecular formula is C13H12F4N2S. The number of alkyl halides is 3. The van der Waals surface area contributed by atoms with E-state index in [0.29, 0.717) is 15.6 Å². The summed E-state index contributed by atoms with van der Waals surface area (Å²) in [5.41, 5.74) is -0.952. The number of nitrogens with zero attached hydrogens (tertiary/aromatic N) is 1. The van der Waals surface area contributed by atoms with Crippen molar-refractivity contribution in [3.63, 3.8) is 0 Å². The van der Waals surface area contributed by atoms with E-state index in [2.05, 4.69) is 10.3 Å². The van der Waals surface area contributed by atoms with Crippen LogP contribution in [0.25, 0.3) is 10.4 Å². The number of hydrogen-bond donors (Lipinski definition) is 1. The Bertz CT molecular complexity index is 592. The van der Waals surface area contributed by atoms with Crippen LogP contribution in [0.5, 0.6) is 0 Å². The number of hydrogen-bond acceptors (Lipinski definition) is 3. The molecule has 0 radical (unpaired) electrons. The zero-order chi connectivity index (χ0) is 14.8. The van der Waals surface area contributed by atoms with Crippen molar-refractivity contribution in [3.05, 3.63) is 35.8 Å². The maximum atomic E-state index is 13.2. The van der Waals surface area contributed by atoms with Crippen LogP contribution in [0.15, 0.2) is 24.4 Å². The molecule has 108 valence electrons. The fourth-order valence-electron chi connectivity index (χ4n) is 1.62. The van der Waals surface area contributed by atoms with Crippen LogP contribution in [0.3, 0.4) is 0 Å². The summed E-state index contributed by atoms with van der Waals surface area (Å²) in [5.74, 6) is -1.27. The first-order chi connectivity index (χ1) is 9.41. The molecule has 2 aromatic rings. The zero-order valence-corrected chi connectivity index (χ0v) is 11.4. The summed E-state index contributed by atoms with van der Waals surface area (Å²) >= 11 is 1.24. The first kappa shape index (κ1) is 14.8. The topological polar surface area (TPSA) is 24.9 Å². The lowest BCUT2D eigenvalue weighted by atomic mass is 10.1. The fourth-order valence-corrected chi connectivity index (χ4v) is 2.46. The van der Waals surface area contributed by atoms with Crippen LogP contribution in [0.2, 0.25) is 0 Å². The van der Waals surface area contributed by atoms with Gasteiger partial charge in [0.2, 0.25) is 0 Å². The maximum absolute atomic E-state index is 13.2. The summed E-state index contributed by atoms with van der Waals surface area (Å²) in [7, 11) is 0. The SMILES string of the molecule is CCCNc1ncc(-c2ccc(F)c(C(F)(F)F)c2)s1. The number of anilines is 1. The monoisotopic (exact) mass is 304 g/mol. The third kappa shape index (κ3) is 3.27. The summed E-state index contributed by atoms with van der Waals surface area (Å²) in [6.45, 7) is 2.74. The molecule has 0 aliphatic rings. The number of thiazole rings is 1. The van der Waals surface area contributed by atoms with Gasteiger partial charge < -0.3 is 5.32 Å². The van der Waals surface area contributed by atoms with Crippen LogP contribution in [0, 0.1) is 5.82 Å². The molecule has 0 bridgehead atoms. The molecule has 2 nitrogen and oxygen atoms in total. The molecule has 0 unspecified atom stereocenters. The molecule has 0 aliphatic heterocycles. The van der Waals surface area contributed by atoms with Crippen molar-refractivity contribution in [3.8, 4) is 10.4 Å². The summed E-state index contributed by atoms with van der Waals surface area (Å²) in [6.07, 6.45) is -2.30. The Morgan fingerprint density at radius 2 is 2.05 bits per heavy atom. The molecule has 0 atom stereocenters. The quantitative estimate of drug-likeness (QED) is 0.821. The Kier molecular flexibility index (Phi) is 4.27. The summed E-state index contributed by atoms with van der Waals surface area (Å²) in [4.78, 5) is 4.64. The predicted octanol–water partition coefficient (Wildman–Crippen LogP) is 4.79. The van der Waals surface area contributed by atoms with Crippen LogP contribution >= 0.6 is 11.3 Å². The van der Waals surface area contributed by atoms with Crippen molar-refractivity contribution in [2.24, 2.45) is 0 Å². The Labute approximate surface area is 117 Å². The molecule has 20 heavy (non-hydrogen) atoms. The molecule has 0 fully saturated rings. The fraction of sp³-hybridized carbons (Fsp3) is 0.308. The molecule has 1 aromatic heterocycles. The van der Waals surface area contributed by atoms with Gasteiger partial charge in [0, 0.05) is 12.7 Å². The van der Waals surface area contributed by atoms with Gasteiger partial charge in [-0.15, -0.1) is 0 Å². The molecule has 1 heterocycles. The van der Waals surface area contributed by atoms with Crippen molar-refractivity contribution >= 4 is 16.5 Å². The third-order valence-electron chi connectivity index (χ3n) is 2.59. The van der Waals surface area contributed by atoms with Crippen molar-refractivity contribution in [2.75, 3.05) is 11.9 Å². The average molecular weight is 304 g/mol. The van der Waals surface area contributed by atoms with Crippen LogP contribution < -0.4 is 5.32 Å². The number of benzene rings is 1. The van der Waals surface area contributed by atoms with Gasteiger partial charge in [-0.1, -0.05) is 24.3 Å². The third-order valence-corrected chi connectivity index (χ3v) is 3.59. The van der Waals surface area contributed by atoms with E-state index in [9.17, 15) is 17.6 Å². The Balaban J connectivity index is 2.31. The van der Waals surface area contributed by atoms with Gasteiger partial charge >= 0.3 is 6.18 Å². The van der Waals surface area contributed by atoms with E-state index < -0.39 is 17.6 Å². The van der Waals surface area contributed by atoms with Gasteiger partial charge in [0.1, 0.15) is 5.82 Å². The van der Waals surface area contributed by atoms with Gasteiger partial charge in [-0.2, -0.15) is 13.2 Å². The van der Waals surface area contributed by atoms with E-state index in [1.54, 1.807) is 0 Å². The lowest BCUT2D eigenvalue weighted by Gasteiger charge is -2.09. The predicted molar refractivity (Wildman–Crippen MR) is 71.3 cm³/mol. The van der Waals surface area contributed by atoms with Crippen molar-refractivity contribution in [1.82, 2.24) is 4.98 Å². The Hall–Kier alpha value is -1.63. The minimum atomic E-state index is -4.70. The van der Waals surface area contributed by atoms with Crippen LogP contribution in [0.4, 0.5) is 22.7 Å². The summed E-state index contributed by atoms with van der Waals surface area (Å²) in [6, 6.07) is 2.96. The number of aromatic nitrogens is 1. The molecule has 0 aliphatic carbocycles. The molecule has 1 aromatic carbocycles. The number of rotatable bonds is 4. The number of nitrogens with one attached hydrogen (secondary N) is 1. The maximum Gasteiger partial charge on any atom is 0.419 e. The van der Waals surface area contributed by atoms with Crippen LogP contribution in [-0.4, -0.2) is 11.5 Å². The molecule has 2 rings (SSSR count). The second-order valence-electron chi connectivity index (χ2n) is 4.15. The molecule has 0 saturated heterocycles. The lowest BCUT2D eigenvalue weighted by molar-refractivity contribution is -0.139. The lowest BCUT2D eigenvalue weighted by Crippen LogP contribution is -2.07.